The average Bonchev–Trinajstić information content (AvgIpc) is 2.79. The Morgan fingerprint density at radius 3 is 2.33 bits per heavy atom. The molecule has 1 heterocycles. The topological polar surface area (TPSA) is 34.9 Å². The fourth-order valence-corrected chi connectivity index (χ4v) is 4.73. The summed E-state index contributed by atoms with van der Waals surface area (Å²) in [5.74, 6) is 0.708. The third kappa shape index (κ3) is 3.49. The minimum atomic E-state index is -0.0802. The van der Waals surface area contributed by atoms with Gasteiger partial charge in [0, 0.05) is 10.8 Å². The number of aromatic nitrogens is 2. The highest BCUT2D eigenvalue weighted by Gasteiger charge is 2.14. The third-order valence-corrected chi connectivity index (χ3v) is 6.31. The van der Waals surface area contributed by atoms with Gasteiger partial charge in [0.2, 0.25) is 0 Å². The van der Waals surface area contributed by atoms with Crippen LogP contribution in [0.2, 0.25) is 5.02 Å². The molecule has 5 rings (SSSR count). The van der Waals surface area contributed by atoms with Gasteiger partial charge in [0.25, 0.3) is 5.56 Å². The fourth-order valence-electron chi connectivity index (χ4n) is 3.59. The summed E-state index contributed by atoms with van der Waals surface area (Å²) in [5, 5.41) is 4.31. The van der Waals surface area contributed by atoms with Crippen LogP contribution in [-0.4, -0.2) is 9.55 Å². The van der Waals surface area contributed by atoms with Crippen molar-refractivity contribution in [2.24, 2.45) is 0 Å². The van der Waals surface area contributed by atoms with Gasteiger partial charge in [0.15, 0.2) is 5.16 Å². The Hall–Kier alpha value is -3.08. The number of fused-ring (bicyclic) bond motifs is 2. The first kappa shape index (κ1) is 18.9. The molecule has 0 spiro atoms. The van der Waals surface area contributed by atoms with E-state index in [-0.39, 0.29) is 5.56 Å². The van der Waals surface area contributed by atoms with Crippen LogP contribution in [0.15, 0.2) is 101 Å². The molecule has 0 fully saturated rings. The summed E-state index contributed by atoms with van der Waals surface area (Å²) in [6.07, 6.45) is 0. The zero-order chi connectivity index (χ0) is 20.5. The molecule has 0 saturated heterocycles. The van der Waals surface area contributed by atoms with E-state index in [9.17, 15) is 4.79 Å². The second-order valence-corrected chi connectivity index (χ2v) is 8.33. The van der Waals surface area contributed by atoms with Crippen molar-refractivity contribution in [1.82, 2.24) is 9.55 Å². The highest BCUT2D eigenvalue weighted by Crippen LogP contribution is 2.28. The summed E-state index contributed by atoms with van der Waals surface area (Å²) in [5.41, 5.74) is 2.59. The average molecular weight is 429 g/mol. The standard InChI is InChI=1S/C25H17ClN2OS/c26-19-12-14-20(15-13-19)28-24(29)22-10-3-4-11-23(22)27-25(28)30-16-18-8-5-7-17-6-1-2-9-21(17)18/h1-15H,16H2. The van der Waals surface area contributed by atoms with E-state index in [1.807, 2.05) is 42.5 Å². The van der Waals surface area contributed by atoms with Crippen LogP contribution >= 0.6 is 23.4 Å². The molecule has 0 atom stereocenters. The van der Waals surface area contributed by atoms with Crippen molar-refractivity contribution in [2.75, 3.05) is 0 Å². The summed E-state index contributed by atoms with van der Waals surface area (Å²) >= 11 is 7.62. The van der Waals surface area contributed by atoms with Crippen LogP contribution in [-0.2, 0) is 5.75 Å². The van der Waals surface area contributed by atoms with E-state index in [0.717, 1.165) is 5.69 Å². The molecule has 30 heavy (non-hydrogen) atoms. The van der Waals surface area contributed by atoms with Gasteiger partial charge in [-0.3, -0.25) is 9.36 Å². The van der Waals surface area contributed by atoms with Gasteiger partial charge in [-0.25, -0.2) is 4.98 Å². The molecule has 0 saturated carbocycles. The van der Waals surface area contributed by atoms with Crippen LogP contribution in [0, 0.1) is 0 Å². The predicted octanol–water partition coefficient (Wildman–Crippen LogP) is 6.48. The molecule has 0 bridgehead atoms. The van der Waals surface area contributed by atoms with Crippen molar-refractivity contribution in [1.29, 1.82) is 0 Å². The quantitative estimate of drug-likeness (QED) is 0.242. The molecule has 1 aromatic heterocycles. The highest BCUT2D eigenvalue weighted by atomic mass is 35.5. The lowest BCUT2D eigenvalue weighted by Crippen LogP contribution is -2.21. The number of nitrogens with zero attached hydrogens (tertiary/aromatic N) is 2. The van der Waals surface area contributed by atoms with Crippen LogP contribution in [0.5, 0.6) is 0 Å². The first-order valence-electron chi connectivity index (χ1n) is 9.58. The van der Waals surface area contributed by atoms with Crippen LogP contribution in [0.25, 0.3) is 27.4 Å². The SMILES string of the molecule is O=c1c2ccccc2nc(SCc2cccc3ccccc23)n1-c1ccc(Cl)cc1. The number of para-hydroxylation sites is 1. The molecule has 0 radical (unpaired) electrons. The lowest BCUT2D eigenvalue weighted by Gasteiger charge is -2.14. The summed E-state index contributed by atoms with van der Waals surface area (Å²) in [6, 6.07) is 29.4. The largest absolute Gasteiger partial charge is 0.268 e. The third-order valence-electron chi connectivity index (χ3n) is 5.07. The Morgan fingerprint density at radius 2 is 1.50 bits per heavy atom. The van der Waals surface area contributed by atoms with Gasteiger partial charge in [0.05, 0.1) is 16.6 Å². The normalized spacial score (nSPS) is 11.2. The van der Waals surface area contributed by atoms with Gasteiger partial charge in [-0.1, -0.05) is 78.0 Å². The molecule has 0 aliphatic rings. The van der Waals surface area contributed by atoms with E-state index in [1.165, 1.54) is 16.3 Å². The molecule has 0 amide bonds. The number of benzene rings is 4. The molecular formula is C25H17ClN2OS. The monoisotopic (exact) mass is 428 g/mol. The molecule has 0 aliphatic carbocycles. The second-order valence-electron chi connectivity index (χ2n) is 6.96. The molecule has 0 N–H and O–H groups in total. The lowest BCUT2D eigenvalue weighted by atomic mass is 10.1. The molecule has 5 heteroatoms. The molecule has 146 valence electrons. The van der Waals surface area contributed by atoms with Gasteiger partial charge < -0.3 is 0 Å². The van der Waals surface area contributed by atoms with Gasteiger partial charge in [-0.15, -0.1) is 0 Å². The molecule has 0 aliphatic heterocycles. The maximum atomic E-state index is 13.3. The maximum absolute atomic E-state index is 13.3. The number of hydrogen-bond donors (Lipinski definition) is 0. The summed E-state index contributed by atoms with van der Waals surface area (Å²) in [6.45, 7) is 0. The van der Waals surface area contributed by atoms with E-state index in [1.54, 1.807) is 28.5 Å². The first-order valence-corrected chi connectivity index (χ1v) is 10.9. The summed E-state index contributed by atoms with van der Waals surface area (Å²) in [7, 11) is 0. The van der Waals surface area contributed by atoms with Gasteiger partial charge >= 0.3 is 0 Å². The highest BCUT2D eigenvalue weighted by molar-refractivity contribution is 7.98. The number of hydrogen-bond acceptors (Lipinski definition) is 3. The van der Waals surface area contributed by atoms with E-state index in [4.69, 9.17) is 16.6 Å². The predicted molar refractivity (Wildman–Crippen MR) is 126 cm³/mol. The Morgan fingerprint density at radius 1 is 0.800 bits per heavy atom. The number of halogens is 1. The molecular weight excluding hydrogens is 412 g/mol. The maximum Gasteiger partial charge on any atom is 0.266 e. The van der Waals surface area contributed by atoms with Crippen molar-refractivity contribution in [3.05, 3.63) is 112 Å². The van der Waals surface area contributed by atoms with Crippen molar-refractivity contribution in [3.63, 3.8) is 0 Å². The molecule has 4 aromatic carbocycles. The number of rotatable bonds is 4. The molecule has 5 aromatic rings. The summed E-state index contributed by atoms with van der Waals surface area (Å²) in [4.78, 5) is 18.2. The minimum Gasteiger partial charge on any atom is -0.268 e. The zero-order valence-electron chi connectivity index (χ0n) is 16.0. The van der Waals surface area contributed by atoms with Crippen LogP contribution in [0.1, 0.15) is 5.56 Å². The van der Waals surface area contributed by atoms with E-state index in [2.05, 4.69) is 36.4 Å². The van der Waals surface area contributed by atoms with Gasteiger partial charge in [-0.2, -0.15) is 0 Å². The lowest BCUT2D eigenvalue weighted by molar-refractivity contribution is 0.820. The number of thioether (sulfide) groups is 1. The Bertz CT molecular complexity index is 1420. The van der Waals surface area contributed by atoms with E-state index in [0.29, 0.717) is 26.8 Å². The Kier molecular flexibility index (Phi) is 5.03. The molecule has 3 nitrogen and oxygen atoms in total. The zero-order valence-corrected chi connectivity index (χ0v) is 17.5. The smallest absolute Gasteiger partial charge is 0.266 e. The van der Waals surface area contributed by atoms with Crippen LogP contribution in [0.4, 0.5) is 0 Å². The Balaban J connectivity index is 1.63. The van der Waals surface area contributed by atoms with Gasteiger partial charge in [-0.05, 0) is 52.7 Å². The van der Waals surface area contributed by atoms with Crippen LogP contribution < -0.4 is 5.56 Å². The summed E-state index contributed by atoms with van der Waals surface area (Å²) < 4.78 is 1.68. The van der Waals surface area contributed by atoms with Crippen molar-refractivity contribution in [2.45, 2.75) is 10.9 Å². The van der Waals surface area contributed by atoms with Crippen molar-refractivity contribution < 1.29 is 0 Å². The van der Waals surface area contributed by atoms with E-state index >= 15 is 0 Å². The van der Waals surface area contributed by atoms with Crippen molar-refractivity contribution in [3.8, 4) is 5.69 Å². The van der Waals surface area contributed by atoms with Gasteiger partial charge in [0.1, 0.15) is 0 Å². The van der Waals surface area contributed by atoms with Crippen molar-refractivity contribution >= 4 is 45.0 Å². The fraction of sp³-hybridized carbons (Fsp3) is 0.0400. The first-order chi connectivity index (χ1) is 14.7. The van der Waals surface area contributed by atoms with E-state index < -0.39 is 0 Å². The van der Waals surface area contributed by atoms with Crippen LogP contribution in [0.3, 0.4) is 0 Å². The Labute approximate surface area is 183 Å². The molecule has 0 unspecified atom stereocenters. The minimum absolute atomic E-state index is 0.0802. The second kappa shape index (κ2) is 7.98.